The molecule has 4 heterocycles. The first-order chi connectivity index (χ1) is 18.0. The smallest absolute Gasteiger partial charge is 0.218 e. The molecule has 0 N–H and O–H groups in total. The summed E-state index contributed by atoms with van der Waals surface area (Å²) in [7, 11) is -3.28. The number of hydrogen-bond donors (Lipinski definition) is 0. The Morgan fingerprint density at radius 3 is 2.57 bits per heavy atom. The quantitative estimate of drug-likeness (QED) is 0.326. The molecule has 6 rings (SSSR count). The van der Waals surface area contributed by atoms with Crippen LogP contribution in [-0.4, -0.2) is 46.8 Å². The van der Waals surface area contributed by atoms with Gasteiger partial charge in [-0.15, -0.1) is 0 Å². The minimum absolute atomic E-state index is 0.0482. The molecule has 2 aliphatic rings. The van der Waals surface area contributed by atoms with Gasteiger partial charge >= 0.3 is 0 Å². The normalized spacial score (nSPS) is 19.9. The summed E-state index contributed by atoms with van der Waals surface area (Å²) in [5.74, 6) is 0.544. The van der Waals surface area contributed by atoms with Gasteiger partial charge < -0.3 is 9.30 Å². The van der Waals surface area contributed by atoms with Crippen molar-refractivity contribution in [3.05, 3.63) is 78.8 Å². The summed E-state index contributed by atoms with van der Waals surface area (Å²) in [6, 6.07) is 18.2. The molecule has 2 fully saturated rings. The van der Waals surface area contributed by atoms with Crippen LogP contribution in [0, 0.1) is 5.92 Å². The van der Waals surface area contributed by atoms with Gasteiger partial charge in [-0.3, -0.25) is 0 Å². The number of piperidine rings is 1. The van der Waals surface area contributed by atoms with Crippen LogP contribution in [0.3, 0.4) is 0 Å². The Labute approximate surface area is 218 Å². The minimum atomic E-state index is -3.28. The summed E-state index contributed by atoms with van der Waals surface area (Å²) >= 11 is 0. The molecule has 0 radical (unpaired) electrons. The molecule has 37 heavy (non-hydrogen) atoms. The third-order valence-corrected chi connectivity index (χ3v) is 9.62. The number of hydrogen-bond acceptors (Lipinski definition) is 4. The molecule has 2 aliphatic heterocycles. The third-order valence-electron chi connectivity index (χ3n) is 7.77. The fourth-order valence-electron chi connectivity index (χ4n) is 5.64. The van der Waals surface area contributed by atoms with Crippen LogP contribution in [-0.2, 0) is 27.1 Å². The van der Waals surface area contributed by atoms with E-state index in [1.807, 2.05) is 41.2 Å². The minimum Gasteiger partial charge on any atom is -0.357 e. The van der Waals surface area contributed by atoms with E-state index in [1.54, 1.807) is 4.31 Å². The van der Waals surface area contributed by atoms with E-state index < -0.39 is 10.0 Å². The molecule has 2 aromatic heterocycles. The molecule has 0 amide bonds. The summed E-state index contributed by atoms with van der Waals surface area (Å²) in [6.45, 7) is 2.91. The van der Waals surface area contributed by atoms with Crippen molar-refractivity contribution in [2.24, 2.45) is 5.92 Å². The van der Waals surface area contributed by atoms with E-state index in [1.165, 1.54) is 17.3 Å². The molecule has 194 valence electrons. The molecule has 0 saturated carbocycles. The van der Waals surface area contributed by atoms with Crippen LogP contribution in [0.1, 0.15) is 43.9 Å². The maximum atomic E-state index is 12.9. The first-order valence-corrected chi connectivity index (χ1v) is 14.9. The molecule has 0 aliphatic carbocycles. The Bertz CT molecular complexity index is 1450. The van der Waals surface area contributed by atoms with Gasteiger partial charge in [0.05, 0.1) is 11.9 Å². The third kappa shape index (κ3) is 5.37. The number of ether oxygens (including phenoxy) is 1. The number of sulfonamides is 1. The Morgan fingerprint density at radius 1 is 0.946 bits per heavy atom. The van der Waals surface area contributed by atoms with Crippen LogP contribution in [0.15, 0.2) is 73.2 Å². The number of nitrogens with zero attached hydrogens (tertiary/aromatic N) is 4. The topological polar surface area (TPSA) is 69.4 Å². The monoisotopic (exact) mass is 518 g/mol. The van der Waals surface area contributed by atoms with Crippen molar-refractivity contribution in [2.75, 3.05) is 19.7 Å². The van der Waals surface area contributed by atoms with Gasteiger partial charge in [0.25, 0.3) is 0 Å². The molecule has 1 atom stereocenters. The van der Waals surface area contributed by atoms with Gasteiger partial charge in [-0.2, -0.15) is 5.10 Å². The summed E-state index contributed by atoms with van der Waals surface area (Å²) in [6.07, 6.45) is 11.3. The number of benzene rings is 2. The predicted molar refractivity (Wildman–Crippen MR) is 145 cm³/mol. The highest BCUT2D eigenvalue weighted by Crippen LogP contribution is 2.29. The average Bonchev–Trinajstić information content (AvgIpc) is 3.58. The van der Waals surface area contributed by atoms with Crippen LogP contribution in [0.25, 0.3) is 22.0 Å². The van der Waals surface area contributed by atoms with E-state index >= 15 is 0 Å². The van der Waals surface area contributed by atoms with Crippen molar-refractivity contribution in [1.29, 1.82) is 0 Å². The van der Waals surface area contributed by atoms with Crippen LogP contribution >= 0.6 is 0 Å². The van der Waals surface area contributed by atoms with E-state index in [9.17, 15) is 8.42 Å². The summed E-state index contributed by atoms with van der Waals surface area (Å²) in [4.78, 5) is 0. The van der Waals surface area contributed by atoms with Crippen LogP contribution in [0.2, 0.25) is 0 Å². The zero-order valence-electron chi connectivity index (χ0n) is 21.1. The first-order valence-electron chi connectivity index (χ1n) is 13.3. The molecule has 7 nitrogen and oxygen atoms in total. The molecule has 8 heteroatoms. The molecule has 2 saturated heterocycles. The van der Waals surface area contributed by atoms with E-state index in [4.69, 9.17) is 4.74 Å². The van der Waals surface area contributed by atoms with Crippen molar-refractivity contribution in [3.8, 4) is 11.1 Å². The highest BCUT2D eigenvalue weighted by Gasteiger charge is 2.28. The van der Waals surface area contributed by atoms with Crippen molar-refractivity contribution in [1.82, 2.24) is 18.7 Å². The van der Waals surface area contributed by atoms with Gasteiger partial charge in [0.2, 0.25) is 10.0 Å². The number of rotatable bonds is 7. The lowest BCUT2D eigenvalue weighted by atomic mass is 9.98. The summed E-state index contributed by atoms with van der Waals surface area (Å²) < 4.78 is 37.6. The van der Waals surface area contributed by atoms with E-state index in [-0.39, 0.29) is 12.0 Å². The average molecular weight is 519 g/mol. The van der Waals surface area contributed by atoms with Crippen molar-refractivity contribution in [3.63, 3.8) is 0 Å². The molecule has 4 aromatic rings. The van der Waals surface area contributed by atoms with Gasteiger partial charge in [-0.05, 0) is 67.3 Å². The van der Waals surface area contributed by atoms with Gasteiger partial charge in [-0.25, -0.2) is 17.4 Å². The Hall–Kier alpha value is -2.94. The van der Waals surface area contributed by atoms with E-state index in [0.29, 0.717) is 19.0 Å². The summed E-state index contributed by atoms with van der Waals surface area (Å²) in [5, 5.41) is 5.78. The second-order valence-corrected chi connectivity index (χ2v) is 12.3. The zero-order chi connectivity index (χ0) is 25.2. The van der Waals surface area contributed by atoms with Gasteiger partial charge in [0, 0.05) is 55.1 Å². The molecular formula is C29H34N4O3S. The first kappa shape index (κ1) is 24.4. The maximum Gasteiger partial charge on any atom is 0.218 e. The summed E-state index contributed by atoms with van der Waals surface area (Å²) in [5.41, 5.74) is 4.32. The predicted octanol–water partition coefficient (Wildman–Crippen LogP) is 5.45. The highest BCUT2D eigenvalue weighted by molar-refractivity contribution is 7.88. The Morgan fingerprint density at radius 2 is 1.78 bits per heavy atom. The molecule has 1 unspecified atom stereocenters. The molecule has 2 aromatic carbocycles. The fourth-order valence-corrected chi connectivity index (χ4v) is 7.20. The molecule has 0 spiro atoms. The van der Waals surface area contributed by atoms with Gasteiger partial charge in [-0.1, -0.05) is 36.4 Å². The lowest BCUT2D eigenvalue weighted by Crippen LogP contribution is -2.39. The zero-order valence-corrected chi connectivity index (χ0v) is 21.9. The second kappa shape index (κ2) is 10.4. The van der Waals surface area contributed by atoms with E-state index in [2.05, 4.69) is 46.3 Å². The second-order valence-electron chi connectivity index (χ2n) is 10.4. The number of aromatic nitrogens is 3. The van der Waals surface area contributed by atoms with Crippen LogP contribution in [0.5, 0.6) is 0 Å². The fraction of sp³-hybridized carbons (Fsp3) is 0.414. The van der Waals surface area contributed by atoms with Crippen molar-refractivity contribution < 1.29 is 13.2 Å². The SMILES string of the molecule is O=S(=O)(Cc1ccccc1)N1CCC(Cn2ccc3cc(-c4cnn(C5CCCCO5)c4)ccc32)CC1. The lowest BCUT2D eigenvalue weighted by Gasteiger charge is -2.31. The van der Waals surface area contributed by atoms with Crippen molar-refractivity contribution >= 4 is 20.9 Å². The Balaban J connectivity index is 1.09. The highest BCUT2D eigenvalue weighted by atomic mass is 32.2. The number of fused-ring (bicyclic) bond motifs is 1. The Kier molecular flexibility index (Phi) is 6.88. The van der Waals surface area contributed by atoms with Crippen LogP contribution < -0.4 is 0 Å². The largest absolute Gasteiger partial charge is 0.357 e. The van der Waals surface area contributed by atoms with Crippen LogP contribution in [0.4, 0.5) is 0 Å². The van der Waals surface area contributed by atoms with Gasteiger partial charge in [0.1, 0.15) is 6.23 Å². The maximum absolute atomic E-state index is 12.9. The van der Waals surface area contributed by atoms with Crippen molar-refractivity contribution in [2.45, 2.75) is 50.6 Å². The van der Waals surface area contributed by atoms with E-state index in [0.717, 1.165) is 55.5 Å². The van der Waals surface area contributed by atoms with Gasteiger partial charge in [0.15, 0.2) is 0 Å². The molecule has 0 bridgehead atoms. The lowest BCUT2D eigenvalue weighted by molar-refractivity contribution is -0.0394. The standard InChI is InChI=1S/C29H34N4O3S/c34-37(35,22-24-6-2-1-3-7-24)32-15-11-23(12-16-32)20-31-14-13-26-18-25(9-10-28(26)31)27-19-30-33(21-27)29-8-4-5-17-36-29/h1-3,6-7,9-10,13-14,18-19,21,23,29H,4-5,8,11-12,15-17,20,22H2. The molecular weight excluding hydrogens is 484 g/mol.